The first-order valence-corrected chi connectivity index (χ1v) is 9.96. The van der Waals surface area contributed by atoms with Gasteiger partial charge in [0.25, 0.3) is 0 Å². The average molecular weight is 385 g/mol. The molecule has 1 saturated heterocycles. The molecule has 0 aromatic heterocycles. The molecular weight excluding hydrogens is 352 g/mol. The number of aliphatic hydroxyl groups is 1. The highest BCUT2D eigenvalue weighted by Gasteiger charge is 2.26. The lowest BCUT2D eigenvalue weighted by molar-refractivity contribution is 0.0499. The Hall–Kier alpha value is -2.08. The summed E-state index contributed by atoms with van der Waals surface area (Å²) >= 11 is 0. The zero-order valence-corrected chi connectivity index (χ0v) is 17.2. The number of nitrogens with zero attached hydrogens (tertiary/aromatic N) is 2. The summed E-state index contributed by atoms with van der Waals surface area (Å²) in [5.74, 6) is 1.53. The van der Waals surface area contributed by atoms with Crippen LogP contribution in [0.3, 0.4) is 0 Å². The van der Waals surface area contributed by atoms with E-state index < -0.39 is 0 Å². The summed E-state index contributed by atoms with van der Waals surface area (Å²) < 4.78 is 10.8. The van der Waals surface area contributed by atoms with Crippen molar-refractivity contribution in [3.63, 3.8) is 0 Å². The molecule has 1 N–H and O–H groups in total. The normalized spacial score (nSPS) is 18.2. The summed E-state index contributed by atoms with van der Waals surface area (Å²) in [6.07, 6.45) is 0.800. The molecule has 0 bridgehead atoms. The molecule has 1 atom stereocenters. The van der Waals surface area contributed by atoms with Crippen molar-refractivity contribution in [1.82, 2.24) is 9.80 Å². The second-order valence-corrected chi connectivity index (χ2v) is 7.55. The number of ether oxygens (including phenoxy) is 2. The Kier molecular flexibility index (Phi) is 7.31. The van der Waals surface area contributed by atoms with Crippen LogP contribution in [-0.4, -0.2) is 61.4 Å². The summed E-state index contributed by atoms with van der Waals surface area (Å²) in [6, 6.07) is 15.2. The van der Waals surface area contributed by atoms with Crippen molar-refractivity contribution in [3.8, 4) is 11.5 Å². The smallest absolute Gasteiger partial charge is 0.161 e. The van der Waals surface area contributed by atoms with E-state index in [0.717, 1.165) is 50.6 Å². The number of aryl methyl sites for hydroxylation is 1. The summed E-state index contributed by atoms with van der Waals surface area (Å²) in [7, 11) is 3.33. The van der Waals surface area contributed by atoms with Gasteiger partial charge in [-0.1, -0.05) is 35.9 Å². The van der Waals surface area contributed by atoms with Crippen molar-refractivity contribution in [3.05, 3.63) is 59.2 Å². The first kappa shape index (κ1) is 20.6. The van der Waals surface area contributed by atoms with Gasteiger partial charge >= 0.3 is 0 Å². The van der Waals surface area contributed by atoms with E-state index in [1.54, 1.807) is 14.2 Å². The Morgan fingerprint density at radius 1 is 0.929 bits per heavy atom. The number of rotatable bonds is 8. The van der Waals surface area contributed by atoms with Gasteiger partial charge in [0.05, 0.1) is 14.2 Å². The van der Waals surface area contributed by atoms with Crippen molar-refractivity contribution < 1.29 is 14.6 Å². The van der Waals surface area contributed by atoms with Gasteiger partial charge in [-0.25, -0.2) is 0 Å². The lowest BCUT2D eigenvalue weighted by Crippen LogP contribution is -2.52. The molecule has 3 rings (SSSR count). The Morgan fingerprint density at radius 3 is 2.32 bits per heavy atom. The summed E-state index contributed by atoms with van der Waals surface area (Å²) in [5, 5.41) is 9.57. The number of methoxy groups -OCH3 is 2. The average Bonchev–Trinajstić information content (AvgIpc) is 2.71. The molecule has 2 aromatic carbocycles. The molecule has 5 nitrogen and oxygen atoms in total. The molecule has 1 aliphatic rings. The number of hydrogen-bond donors (Lipinski definition) is 1. The predicted octanol–water partition coefficient (Wildman–Crippen LogP) is 3.08. The van der Waals surface area contributed by atoms with E-state index in [0.29, 0.717) is 6.04 Å². The molecular formula is C23H32N2O3. The minimum absolute atomic E-state index is 0.221. The van der Waals surface area contributed by atoms with Gasteiger partial charge in [0, 0.05) is 45.4 Å². The van der Waals surface area contributed by atoms with E-state index in [4.69, 9.17) is 9.47 Å². The molecule has 2 aromatic rings. The van der Waals surface area contributed by atoms with E-state index in [9.17, 15) is 5.11 Å². The number of hydrogen-bond acceptors (Lipinski definition) is 5. The number of piperazine rings is 1. The summed E-state index contributed by atoms with van der Waals surface area (Å²) in [4.78, 5) is 4.97. The molecule has 152 valence electrons. The zero-order valence-electron chi connectivity index (χ0n) is 17.2. The maximum absolute atomic E-state index is 9.57. The number of aliphatic hydroxyl groups excluding tert-OH is 1. The van der Waals surface area contributed by atoms with Crippen LogP contribution in [0.2, 0.25) is 0 Å². The van der Waals surface area contributed by atoms with Gasteiger partial charge in [-0.15, -0.1) is 0 Å². The molecule has 0 saturated carbocycles. The number of benzene rings is 2. The van der Waals surface area contributed by atoms with Gasteiger partial charge in [0.2, 0.25) is 0 Å². The van der Waals surface area contributed by atoms with Crippen LogP contribution < -0.4 is 9.47 Å². The fraction of sp³-hybridized carbons (Fsp3) is 0.478. The van der Waals surface area contributed by atoms with Crippen LogP contribution in [0.5, 0.6) is 11.5 Å². The van der Waals surface area contributed by atoms with Gasteiger partial charge in [0.15, 0.2) is 11.5 Å². The molecule has 1 heterocycles. The van der Waals surface area contributed by atoms with Crippen LogP contribution in [0, 0.1) is 6.92 Å². The zero-order chi connectivity index (χ0) is 19.9. The minimum atomic E-state index is 0.221. The van der Waals surface area contributed by atoms with Crippen molar-refractivity contribution in [1.29, 1.82) is 0 Å². The molecule has 1 fully saturated rings. The van der Waals surface area contributed by atoms with E-state index in [-0.39, 0.29) is 6.61 Å². The SMILES string of the molecule is COc1ccc(CN2CCN(Cc3ccc(C)cc3)[C@H](CCO)C2)cc1OC. The third kappa shape index (κ3) is 5.25. The van der Waals surface area contributed by atoms with Crippen LogP contribution in [0.4, 0.5) is 0 Å². The second kappa shape index (κ2) is 9.92. The highest BCUT2D eigenvalue weighted by Crippen LogP contribution is 2.28. The molecule has 0 radical (unpaired) electrons. The Balaban J connectivity index is 1.64. The molecule has 0 unspecified atom stereocenters. The van der Waals surface area contributed by atoms with Crippen molar-refractivity contribution >= 4 is 0 Å². The highest BCUT2D eigenvalue weighted by atomic mass is 16.5. The van der Waals surface area contributed by atoms with Crippen molar-refractivity contribution in [2.75, 3.05) is 40.5 Å². The van der Waals surface area contributed by atoms with Crippen molar-refractivity contribution in [2.45, 2.75) is 32.5 Å². The lowest BCUT2D eigenvalue weighted by atomic mass is 10.1. The molecule has 28 heavy (non-hydrogen) atoms. The third-order valence-corrected chi connectivity index (χ3v) is 5.51. The third-order valence-electron chi connectivity index (χ3n) is 5.51. The van der Waals surface area contributed by atoms with Gasteiger partial charge in [-0.2, -0.15) is 0 Å². The van der Waals surface area contributed by atoms with E-state index in [1.807, 2.05) is 6.07 Å². The quantitative estimate of drug-likeness (QED) is 0.758. The first-order valence-electron chi connectivity index (χ1n) is 9.96. The van der Waals surface area contributed by atoms with Crippen LogP contribution in [0.25, 0.3) is 0 Å². The van der Waals surface area contributed by atoms with Crippen LogP contribution in [0.1, 0.15) is 23.1 Å². The van der Waals surface area contributed by atoms with Gasteiger partial charge < -0.3 is 14.6 Å². The monoisotopic (exact) mass is 384 g/mol. The van der Waals surface area contributed by atoms with Crippen molar-refractivity contribution in [2.24, 2.45) is 0 Å². The van der Waals surface area contributed by atoms with Crippen LogP contribution in [0.15, 0.2) is 42.5 Å². The highest BCUT2D eigenvalue weighted by molar-refractivity contribution is 5.42. The lowest BCUT2D eigenvalue weighted by Gasteiger charge is -2.41. The Labute approximate surface area is 168 Å². The van der Waals surface area contributed by atoms with Crippen LogP contribution >= 0.6 is 0 Å². The second-order valence-electron chi connectivity index (χ2n) is 7.55. The summed E-state index contributed by atoms with van der Waals surface area (Å²) in [5.41, 5.74) is 3.84. The topological polar surface area (TPSA) is 45.2 Å². The van der Waals surface area contributed by atoms with Gasteiger partial charge in [-0.3, -0.25) is 9.80 Å². The predicted molar refractivity (Wildman–Crippen MR) is 112 cm³/mol. The fourth-order valence-electron chi connectivity index (χ4n) is 3.90. The molecule has 1 aliphatic heterocycles. The fourth-order valence-corrected chi connectivity index (χ4v) is 3.90. The molecule has 0 amide bonds. The van der Waals surface area contributed by atoms with E-state index in [1.165, 1.54) is 16.7 Å². The Bertz CT molecular complexity index is 748. The Morgan fingerprint density at radius 2 is 1.64 bits per heavy atom. The molecule has 0 spiro atoms. The van der Waals surface area contributed by atoms with Crippen LogP contribution in [-0.2, 0) is 13.1 Å². The minimum Gasteiger partial charge on any atom is -0.493 e. The standard InChI is InChI=1S/C23H32N2O3/c1-18-4-6-19(7-5-18)16-25-12-11-24(17-21(25)10-13-26)15-20-8-9-22(27-2)23(14-20)28-3/h4-9,14,21,26H,10-13,15-17H2,1-3H3/t21-/m1/s1. The maximum atomic E-state index is 9.57. The van der Waals surface area contributed by atoms with E-state index in [2.05, 4.69) is 53.1 Å². The van der Waals surface area contributed by atoms with Gasteiger partial charge in [-0.05, 0) is 36.6 Å². The first-order chi connectivity index (χ1) is 13.6. The summed E-state index contributed by atoms with van der Waals surface area (Å²) in [6.45, 7) is 7.13. The maximum Gasteiger partial charge on any atom is 0.161 e. The van der Waals surface area contributed by atoms with E-state index >= 15 is 0 Å². The largest absolute Gasteiger partial charge is 0.493 e. The van der Waals surface area contributed by atoms with Gasteiger partial charge in [0.1, 0.15) is 0 Å². The molecule has 0 aliphatic carbocycles. The molecule has 5 heteroatoms.